The number of nitrogens with zero attached hydrogens (tertiary/aromatic N) is 4. The number of H-pyrrole nitrogens is 1. The summed E-state index contributed by atoms with van der Waals surface area (Å²) in [6.45, 7) is 6.53. The fraction of sp³-hybridized carbons (Fsp3) is 0.357. The van der Waals surface area contributed by atoms with Crippen LogP contribution in [0.15, 0.2) is 12.4 Å². The van der Waals surface area contributed by atoms with Gasteiger partial charge in [-0.2, -0.15) is 5.10 Å². The maximum atomic E-state index is 6.10. The summed E-state index contributed by atoms with van der Waals surface area (Å²) in [5.41, 5.74) is 16.6. The number of fused-ring (bicyclic) bond motifs is 1. The maximum Gasteiger partial charge on any atom is 0.146 e. The summed E-state index contributed by atoms with van der Waals surface area (Å²) in [5, 5.41) is 8.13. The van der Waals surface area contributed by atoms with Gasteiger partial charge in [-0.05, 0) is 26.8 Å². The summed E-state index contributed by atoms with van der Waals surface area (Å²) in [6, 6.07) is 2.19. The van der Waals surface area contributed by atoms with Gasteiger partial charge in [0.05, 0.1) is 11.1 Å². The van der Waals surface area contributed by atoms with Crippen LogP contribution < -0.4 is 11.5 Å². The van der Waals surface area contributed by atoms with Crippen molar-refractivity contribution in [2.24, 2.45) is 5.73 Å². The Morgan fingerprint density at radius 2 is 2.10 bits per heavy atom. The van der Waals surface area contributed by atoms with Crippen LogP contribution in [0.5, 0.6) is 0 Å². The lowest BCUT2D eigenvalue weighted by Crippen LogP contribution is -2.10. The van der Waals surface area contributed by atoms with Crippen molar-refractivity contribution in [3.63, 3.8) is 0 Å². The number of hydrogen-bond acceptors (Lipinski definition) is 5. The fourth-order valence-electron chi connectivity index (χ4n) is 2.78. The minimum Gasteiger partial charge on any atom is -0.383 e. The van der Waals surface area contributed by atoms with Crippen molar-refractivity contribution in [3.05, 3.63) is 23.8 Å². The molecule has 21 heavy (non-hydrogen) atoms. The molecule has 0 unspecified atom stereocenters. The van der Waals surface area contributed by atoms with E-state index in [2.05, 4.69) is 38.6 Å². The van der Waals surface area contributed by atoms with Gasteiger partial charge in [0.1, 0.15) is 17.8 Å². The second kappa shape index (κ2) is 4.85. The number of aromatic nitrogens is 5. The summed E-state index contributed by atoms with van der Waals surface area (Å²) in [4.78, 5) is 8.53. The number of anilines is 1. The SMILES string of the molecule is Cc1cc(-c2c(CN)n(C(C)C)c3ncnc(N)c23)n[nH]1. The third-order valence-corrected chi connectivity index (χ3v) is 3.59. The molecule has 0 saturated heterocycles. The van der Waals surface area contributed by atoms with Crippen LogP contribution in [0.3, 0.4) is 0 Å². The standard InChI is InChI=1S/C14H19N7/c1-7(2)21-10(5-15)11(9-4-8(3)19-20-9)12-13(16)17-6-18-14(12)21/h4,6-7H,5,15H2,1-3H3,(H,19,20)(H2,16,17,18). The fourth-order valence-corrected chi connectivity index (χ4v) is 2.78. The number of aryl methyl sites for hydroxylation is 1. The van der Waals surface area contributed by atoms with Gasteiger partial charge in [0.2, 0.25) is 0 Å². The van der Waals surface area contributed by atoms with E-state index in [9.17, 15) is 0 Å². The first-order valence-corrected chi connectivity index (χ1v) is 6.90. The second-order valence-corrected chi connectivity index (χ2v) is 5.38. The van der Waals surface area contributed by atoms with Crippen LogP contribution in [0, 0.1) is 6.92 Å². The zero-order valence-corrected chi connectivity index (χ0v) is 12.4. The summed E-state index contributed by atoms with van der Waals surface area (Å²) in [5.74, 6) is 0.449. The van der Waals surface area contributed by atoms with Crippen molar-refractivity contribution >= 4 is 16.9 Å². The molecule has 5 N–H and O–H groups in total. The largest absolute Gasteiger partial charge is 0.383 e. The van der Waals surface area contributed by atoms with Crippen molar-refractivity contribution in [1.29, 1.82) is 0 Å². The first kappa shape index (κ1) is 13.6. The molecule has 0 fully saturated rings. The smallest absolute Gasteiger partial charge is 0.146 e. The predicted molar refractivity (Wildman–Crippen MR) is 82.5 cm³/mol. The van der Waals surface area contributed by atoms with E-state index in [0.29, 0.717) is 12.4 Å². The first-order valence-electron chi connectivity index (χ1n) is 6.90. The highest BCUT2D eigenvalue weighted by Gasteiger charge is 2.23. The predicted octanol–water partition coefficient (Wildman–Crippen LogP) is 1.75. The minimum atomic E-state index is 0.217. The number of nitrogens with one attached hydrogen (secondary N) is 1. The average Bonchev–Trinajstić information content (AvgIpc) is 2.99. The number of aromatic amines is 1. The molecule has 0 saturated carbocycles. The molecule has 0 aromatic carbocycles. The Morgan fingerprint density at radius 1 is 1.33 bits per heavy atom. The van der Waals surface area contributed by atoms with E-state index in [4.69, 9.17) is 11.5 Å². The average molecular weight is 285 g/mol. The lowest BCUT2D eigenvalue weighted by Gasteiger charge is -2.13. The molecule has 110 valence electrons. The minimum absolute atomic E-state index is 0.217. The van der Waals surface area contributed by atoms with E-state index in [-0.39, 0.29) is 6.04 Å². The Balaban J connectivity index is 2.47. The van der Waals surface area contributed by atoms with E-state index < -0.39 is 0 Å². The van der Waals surface area contributed by atoms with Crippen molar-refractivity contribution in [1.82, 2.24) is 24.7 Å². The molecular weight excluding hydrogens is 266 g/mol. The highest BCUT2D eigenvalue weighted by atomic mass is 15.1. The van der Waals surface area contributed by atoms with Crippen molar-refractivity contribution in [2.45, 2.75) is 33.4 Å². The van der Waals surface area contributed by atoms with E-state index in [1.54, 1.807) is 0 Å². The van der Waals surface area contributed by atoms with Crippen molar-refractivity contribution < 1.29 is 0 Å². The molecule has 0 spiro atoms. The third-order valence-electron chi connectivity index (χ3n) is 3.59. The molecule has 7 heteroatoms. The van der Waals surface area contributed by atoms with Gasteiger partial charge < -0.3 is 16.0 Å². The van der Waals surface area contributed by atoms with Gasteiger partial charge in [-0.1, -0.05) is 0 Å². The molecule has 0 aliphatic rings. The number of rotatable bonds is 3. The number of hydrogen-bond donors (Lipinski definition) is 3. The molecule has 0 bridgehead atoms. The van der Waals surface area contributed by atoms with Gasteiger partial charge in [-0.15, -0.1) is 0 Å². The summed E-state index contributed by atoms with van der Waals surface area (Å²) in [7, 11) is 0. The van der Waals surface area contributed by atoms with Crippen LogP contribution >= 0.6 is 0 Å². The van der Waals surface area contributed by atoms with Gasteiger partial charge in [-0.3, -0.25) is 5.10 Å². The summed E-state index contributed by atoms with van der Waals surface area (Å²) in [6.07, 6.45) is 1.48. The Labute approximate surface area is 122 Å². The Morgan fingerprint density at radius 3 is 2.67 bits per heavy atom. The lowest BCUT2D eigenvalue weighted by atomic mass is 10.1. The number of nitrogen functional groups attached to an aromatic ring is 1. The molecule has 0 atom stereocenters. The topological polar surface area (TPSA) is 111 Å². The molecule has 3 heterocycles. The van der Waals surface area contributed by atoms with Crippen LogP contribution in [-0.4, -0.2) is 24.7 Å². The zero-order chi connectivity index (χ0) is 15.1. The highest BCUT2D eigenvalue weighted by Crippen LogP contribution is 2.37. The number of nitrogens with two attached hydrogens (primary N) is 2. The Hall–Kier alpha value is -2.41. The summed E-state index contributed by atoms with van der Waals surface area (Å²) >= 11 is 0. The van der Waals surface area contributed by atoms with Gasteiger partial charge in [0.15, 0.2) is 0 Å². The molecule has 0 aliphatic carbocycles. The Bertz CT molecular complexity index is 797. The highest BCUT2D eigenvalue weighted by molar-refractivity contribution is 6.01. The second-order valence-electron chi connectivity index (χ2n) is 5.38. The van der Waals surface area contributed by atoms with Crippen LogP contribution in [0.25, 0.3) is 22.3 Å². The Kier molecular flexibility index (Phi) is 3.13. The van der Waals surface area contributed by atoms with E-state index in [1.807, 2.05) is 13.0 Å². The van der Waals surface area contributed by atoms with Crippen LogP contribution in [-0.2, 0) is 6.54 Å². The van der Waals surface area contributed by atoms with Crippen LogP contribution in [0.1, 0.15) is 31.3 Å². The zero-order valence-electron chi connectivity index (χ0n) is 12.4. The normalized spacial score (nSPS) is 11.7. The van der Waals surface area contributed by atoms with E-state index in [0.717, 1.165) is 33.7 Å². The molecule has 7 nitrogen and oxygen atoms in total. The molecule has 0 radical (unpaired) electrons. The van der Waals surface area contributed by atoms with Gasteiger partial charge in [0.25, 0.3) is 0 Å². The van der Waals surface area contributed by atoms with Crippen LogP contribution in [0.4, 0.5) is 5.82 Å². The quantitative estimate of drug-likeness (QED) is 0.678. The molecule has 3 aromatic heterocycles. The van der Waals surface area contributed by atoms with Gasteiger partial charge in [0, 0.05) is 29.5 Å². The summed E-state index contributed by atoms with van der Waals surface area (Å²) < 4.78 is 2.10. The maximum absolute atomic E-state index is 6.10. The molecule has 3 rings (SSSR count). The third kappa shape index (κ3) is 1.97. The first-order chi connectivity index (χ1) is 10.0. The van der Waals surface area contributed by atoms with E-state index in [1.165, 1.54) is 6.33 Å². The van der Waals surface area contributed by atoms with Gasteiger partial charge >= 0.3 is 0 Å². The van der Waals surface area contributed by atoms with E-state index >= 15 is 0 Å². The molecule has 0 aliphatic heterocycles. The van der Waals surface area contributed by atoms with Crippen molar-refractivity contribution in [3.8, 4) is 11.3 Å². The molecule has 0 amide bonds. The molecule has 3 aromatic rings. The molecular formula is C14H19N7. The monoisotopic (exact) mass is 285 g/mol. The van der Waals surface area contributed by atoms with Gasteiger partial charge in [-0.25, -0.2) is 9.97 Å². The lowest BCUT2D eigenvalue weighted by molar-refractivity contribution is 0.591. The van der Waals surface area contributed by atoms with Crippen LogP contribution in [0.2, 0.25) is 0 Å². The van der Waals surface area contributed by atoms with Crippen molar-refractivity contribution in [2.75, 3.05) is 5.73 Å².